The van der Waals surface area contributed by atoms with Crippen LogP contribution in [0.25, 0.3) is 0 Å². The van der Waals surface area contributed by atoms with Crippen LogP contribution >= 0.6 is 11.6 Å². The van der Waals surface area contributed by atoms with Gasteiger partial charge in [-0.3, -0.25) is 0 Å². The van der Waals surface area contributed by atoms with Gasteiger partial charge in [-0.1, -0.05) is 35.9 Å². The first kappa shape index (κ1) is 16.7. The molecule has 6 heteroatoms. The number of hydrogen-bond donors (Lipinski definition) is 2. The lowest BCUT2D eigenvalue weighted by Crippen LogP contribution is -2.41. The summed E-state index contributed by atoms with van der Waals surface area (Å²) in [7, 11) is 0. The summed E-state index contributed by atoms with van der Waals surface area (Å²) >= 11 is 6.02. The number of amides is 2. The molecule has 1 heterocycles. The third kappa shape index (κ3) is 3.52. The fraction of sp³-hybridized carbons (Fsp3) is 0.333. The monoisotopic (exact) mass is 345 g/mol. The molecule has 5 nitrogen and oxygen atoms in total. The zero-order chi connectivity index (χ0) is 16.9. The number of pyridine rings is 1. The zero-order valence-electron chi connectivity index (χ0n) is 13.3. The highest BCUT2D eigenvalue weighted by atomic mass is 35.5. The lowest BCUT2D eigenvalue weighted by atomic mass is 9.87. The van der Waals surface area contributed by atoms with Crippen molar-refractivity contribution in [3.63, 3.8) is 0 Å². The van der Waals surface area contributed by atoms with Gasteiger partial charge < -0.3 is 15.3 Å². The number of aromatic nitrogens is 1. The molecule has 0 radical (unpaired) electrons. The van der Waals surface area contributed by atoms with Gasteiger partial charge in [0.25, 0.3) is 0 Å². The summed E-state index contributed by atoms with van der Waals surface area (Å²) in [6, 6.07) is 11.3. The molecule has 3 rings (SSSR count). The van der Waals surface area contributed by atoms with E-state index in [1.165, 1.54) is 5.56 Å². The molecule has 2 N–H and O–H groups in total. The van der Waals surface area contributed by atoms with Crippen LogP contribution in [0.15, 0.2) is 42.6 Å². The SMILES string of the molecule is O=C(Nc1cccnc1Cl)N(CCO)C1CCCc2ccccc21. The van der Waals surface area contributed by atoms with Crippen LogP contribution < -0.4 is 5.32 Å². The molecule has 1 aliphatic rings. The maximum atomic E-state index is 12.8. The average Bonchev–Trinajstić information content (AvgIpc) is 2.61. The topological polar surface area (TPSA) is 65.5 Å². The first-order valence-electron chi connectivity index (χ1n) is 8.07. The van der Waals surface area contributed by atoms with Crippen LogP contribution in [-0.2, 0) is 6.42 Å². The summed E-state index contributed by atoms with van der Waals surface area (Å²) in [4.78, 5) is 18.4. The van der Waals surface area contributed by atoms with Crippen LogP contribution in [0.4, 0.5) is 10.5 Å². The van der Waals surface area contributed by atoms with Crippen molar-refractivity contribution in [3.8, 4) is 0 Å². The third-order valence-electron chi connectivity index (χ3n) is 4.32. The predicted octanol–water partition coefficient (Wildman–Crippen LogP) is 3.64. The molecule has 1 unspecified atom stereocenters. The molecule has 0 fully saturated rings. The van der Waals surface area contributed by atoms with Gasteiger partial charge in [-0.2, -0.15) is 0 Å². The van der Waals surface area contributed by atoms with Crippen LogP contribution in [-0.4, -0.2) is 34.2 Å². The van der Waals surface area contributed by atoms with E-state index in [0.717, 1.165) is 24.8 Å². The average molecular weight is 346 g/mol. The number of urea groups is 1. The number of aliphatic hydroxyl groups is 1. The highest BCUT2D eigenvalue weighted by molar-refractivity contribution is 6.32. The Bertz CT molecular complexity index is 723. The van der Waals surface area contributed by atoms with Gasteiger partial charge >= 0.3 is 6.03 Å². The van der Waals surface area contributed by atoms with Gasteiger partial charge in [0.15, 0.2) is 5.15 Å². The minimum absolute atomic E-state index is 0.0439. The number of anilines is 1. The molecule has 2 aromatic rings. The van der Waals surface area contributed by atoms with Crippen LogP contribution in [0.2, 0.25) is 5.15 Å². The molecule has 0 saturated heterocycles. The van der Waals surface area contributed by atoms with Crippen molar-refractivity contribution in [3.05, 3.63) is 58.9 Å². The standard InChI is InChI=1S/C18H20ClN3O2/c19-17-15(8-4-10-20-17)21-18(24)22(11-12-23)16-9-3-6-13-5-1-2-7-14(13)16/h1-2,4-5,7-8,10,16,23H,3,6,9,11-12H2,(H,21,24). The second-order valence-corrected chi connectivity index (χ2v) is 6.15. The van der Waals surface area contributed by atoms with Crippen LogP contribution in [0, 0.1) is 0 Å². The lowest BCUT2D eigenvalue weighted by molar-refractivity contribution is 0.155. The van der Waals surface area contributed by atoms with Crippen molar-refractivity contribution in [1.82, 2.24) is 9.88 Å². The number of nitrogens with zero attached hydrogens (tertiary/aromatic N) is 2. The molecule has 2 amide bonds. The predicted molar refractivity (Wildman–Crippen MR) is 94.2 cm³/mol. The van der Waals surface area contributed by atoms with Crippen molar-refractivity contribution in [1.29, 1.82) is 0 Å². The molecular formula is C18H20ClN3O2. The molecule has 24 heavy (non-hydrogen) atoms. The van der Waals surface area contributed by atoms with Crippen molar-refractivity contribution in [2.75, 3.05) is 18.5 Å². The highest BCUT2D eigenvalue weighted by Gasteiger charge is 2.29. The van der Waals surface area contributed by atoms with E-state index in [1.807, 2.05) is 12.1 Å². The van der Waals surface area contributed by atoms with Gasteiger partial charge in [-0.15, -0.1) is 0 Å². The molecule has 1 atom stereocenters. The number of carbonyl (C=O) groups is 1. The lowest BCUT2D eigenvalue weighted by Gasteiger charge is -2.35. The molecule has 0 saturated carbocycles. The fourth-order valence-corrected chi connectivity index (χ4v) is 3.39. The first-order chi connectivity index (χ1) is 11.7. The number of benzene rings is 1. The Hall–Kier alpha value is -2.11. The molecule has 1 aromatic carbocycles. The van der Waals surface area contributed by atoms with Gasteiger partial charge in [-0.05, 0) is 42.5 Å². The first-order valence-corrected chi connectivity index (χ1v) is 8.45. The quantitative estimate of drug-likeness (QED) is 0.831. The Morgan fingerprint density at radius 1 is 1.33 bits per heavy atom. The van der Waals surface area contributed by atoms with E-state index < -0.39 is 0 Å². The Kier molecular flexibility index (Phi) is 5.33. The summed E-state index contributed by atoms with van der Waals surface area (Å²) in [5.74, 6) is 0. The molecule has 0 spiro atoms. The maximum Gasteiger partial charge on any atom is 0.322 e. The van der Waals surface area contributed by atoms with Gasteiger partial charge in [0.1, 0.15) is 0 Å². The summed E-state index contributed by atoms with van der Waals surface area (Å²) < 4.78 is 0. The molecule has 0 bridgehead atoms. The second kappa shape index (κ2) is 7.64. The second-order valence-electron chi connectivity index (χ2n) is 5.80. The Labute approximate surface area is 146 Å². The maximum absolute atomic E-state index is 12.8. The van der Waals surface area contributed by atoms with Gasteiger partial charge in [-0.25, -0.2) is 9.78 Å². The molecule has 0 aliphatic heterocycles. The molecule has 1 aliphatic carbocycles. The van der Waals surface area contributed by atoms with E-state index in [4.69, 9.17) is 11.6 Å². The molecule has 1 aromatic heterocycles. The minimum Gasteiger partial charge on any atom is -0.395 e. The Morgan fingerprint density at radius 2 is 2.17 bits per heavy atom. The van der Waals surface area contributed by atoms with Gasteiger partial charge in [0, 0.05) is 12.7 Å². The number of hydrogen-bond acceptors (Lipinski definition) is 3. The highest BCUT2D eigenvalue weighted by Crippen LogP contribution is 2.34. The van der Waals surface area contributed by atoms with Crippen molar-refractivity contribution < 1.29 is 9.90 Å². The summed E-state index contributed by atoms with van der Waals surface area (Å²) in [6.07, 6.45) is 4.49. The van der Waals surface area contributed by atoms with E-state index in [2.05, 4.69) is 22.4 Å². The molecule has 126 valence electrons. The largest absolute Gasteiger partial charge is 0.395 e. The van der Waals surface area contributed by atoms with E-state index in [0.29, 0.717) is 5.69 Å². The summed E-state index contributed by atoms with van der Waals surface area (Å²) in [6.45, 7) is 0.176. The number of aryl methyl sites for hydroxylation is 1. The van der Waals surface area contributed by atoms with E-state index in [-0.39, 0.29) is 30.4 Å². The van der Waals surface area contributed by atoms with Crippen molar-refractivity contribution >= 4 is 23.3 Å². The van der Waals surface area contributed by atoms with E-state index >= 15 is 0 Å². The number of nitrogens with one attached hydrogen (secondary N) is 1. The van der Waals surface area contributed by atoms with Crippen molar-refractivity contribution in [2.45, 2.75) is 25.3 Å². The number of rotatable bonds is 4. The molecular weight excluding hydrogens is 326 g/mol. The smallest absolute Gasteiger partial charge is 0.322 e. The van der Waals surface area contributed by atoms with Gasteiger partial charge in [0.05, 0.1) is 18.3 Å². The summed E-state index contributed by atoms with van der Waals surface area (Å²) in [5.41, 5.74) is 2.89. The number of halogens is 1. The van der Waals surface area contributed by atoms with Crippen molar-refractivity contribution in [2.24, 2.45) is 0 Å². The number of carbonyl (C=O) groups excluding carboxylic acids is 1. The van der Waals surface area contributed by atoms with Gasteiger partial charge in [0.2, 0.25) is 0 Å². The zero-order valence-corrected chi connectivity index (χ0v) is 14.0. The van der Waals surface area contributed by atoms with E-state index in [1.54, 1.807) is 23.2 Å². The van der Waals surface area contributed by atoms with E-state index in [9.17, 15) is 9.90 Å². The van der Waals surface area contributed by atoms with Crippen LogP contribution in [0.1, 0.15) is 30.0 Å². The normalized spacial score (nSPS) is 16.3. The Morgan fingerprint density at radius 3 is 2.96 bits per heavy atom. The fourth-order valence-electron chi connectivity index (χ4n) is 3.22. The van der Waals surface area contributed by atoms with Crippen LogP contribution in [0.5, 0.6) is 0 Å². The number of fused-ring (bicyclic) bond motifs is 1. The Balaban J connectivity index is 1.85. The van der Waals surface area contributed by atoms with Crippen LogP contribution in [0.3, 0.4) is 0 Å². The minimum atomic E-state index is -0.277. The number of aliphatic hydroxyl groups excluding tert-OH is 1. The summed E-state index contributed by atoms with van der Waals surface area (Å²) in [5, 5.41) is 12.5. The third-order valence-corrected chi connectivity index (χ3v) is 4.62.